The molecular weight excluding hydrogens is 214 g/mol. The van der Waals surface area contributed by atoms with Crippen molar-refractivity contribution < 1.29 is 19.5 Å². The number of hydrogen-bond acceptors (Lipinski definition) is 3. The van der Waals surface area contributed by atoms with Gasteiger partial charge in [0.2, 0.25) is 5.91 Å². The SMILES string of the molecule is CN(CC(=O)NC1CC1)C(=O)NCC(=O)O. The van der Waals surface area contributed by atoms with Crippen molar-refractivity contribution in [3.63, 3.8) is 0 Å². The summed E-state index contributed by atoms with van der Waals surface area (Å²) >= 11 is 0. The molecule has 0 radical (unpaired) electrons. The third kappa shape index (κ3) is 4.63. The van der Waals surface area contributed by atoms with Crippen LogP contribution in [0.15, 0.2) is 0 Å². The standard InChI is InChI=1S/C9H15N3O4/c1-12(9(16)10-4-8(14)15)5-7(13)11-6-2-3-6/h6H,2-5H2,1H3,(H,10,16)(H,11,13)(H,14,15). The number of aliphatic carboxylic acids is 1. The Hall–Kier alpha value is -1.79. The zero-order valence-corrected chi connectivity index (χ0v) is 9.02. The number of amides is 3. The van der Waals surface area contributed by atoms with E-state index in [4.69, 9.17) is 5.11 Å². The maximum absolute atomic E-state index is 11.3. The summed E-state index contributed by atoms with van der Waals surface area (Å²) in [5.41, 5.74) is 0. The van der Waals surface area contributed by atoms with Crippen LogP contribution in [0.3, 0.4) is 0 Å². The quantitative estimate of drug-likeness (QED) is 0.562. The number of carbonyl (C=O) groups is 3. The van der Waals surface area contributed by atoms with Crippen molar-refractivity contribution in [3.8, 4) is 0 Å². The lowest BCUT2D eigenvalue weighted by molar-refractivity contribution is -0.135. The molecular formula is C9H15N3O4. The molecule has 0 unspecified atom stereocenters. The van der Waals surface area contributed by atoms with Crippen molar-refractivity contribution in [2.45, 2.75) is 18.9 Å². The van der Waals surface area contributed by atoms with E-state index >= 15 is 0 Å². The highest BCUT2D eigenvalue weighted by Crippen LogP contribution is 2.18. The minimum Gasteiger partial charge on any atom is -0.480 e. The summed E-state index contributed by atoms with van der Waals surface area (Å²) in [5, 5.41) is 13.2. The maximum Gasteiger partial charge on any atom is 0.323 e. The molecule has 3 N–H and O–H groups in total. The Bertz CT molecular complexity index is 301. The molecule has 1 fully saturated rings. The van der Waals surface area contributed by atoms with Gasteiger partial charge < -0.3 is 20.6 Å². The van der Waals surface area contributed by atoms with E-state index in [0.717, 1.165) is 17.7 Å². The lowest BCUT2D eigenvalue weighted by Crippen LogP contribution is -2.44. The summed E-state index contributed by atoms with van der Waals surface area (Å²) in [6.07, 6.45) is 1.97. The Kier molecular flexibility index (Phi) is 4.10. The van der Waals surface area contributed by atoms with Gasteiger partial charge in [0.15, 0.2) is 0 Å². The van der Waals surface area contributed by atoms with E-state index in [1.165, 1.54) is 7.05 Å². The number of carboxylic acid groups (broad SMARTS) is 1. The van der Waals surface area contributed by atoms with Crippen molar-refractivity contribution in [2.24, 2.45) is 0 Å². The second kappa shape index (κ2) is 5.34. The van der Waals surface area contributed by atoms with Crippen LogP contribution in [0.25, 0.3) is 0 Å². The van der Waals surface area contributed by atoms with E-state index in [0.29, 0.717) is 0 Å². The zero-order chi connectivity index (χ0) is 12.1. The predicted molar refractivity (Wildman–Crippen MR) is 54.8 cm³/mol. The lowest BCUT2D eigenvalue weighted by atomic mass is 10.5. The largest absolute Gasteiger partial charge is 0.480 e. The van der Waals surface area contributed by atoms with Gasteiger partial charge in [0.25, 0.3) is 0 Å². The normalized spacial score (nSPS) is 14.1. The van der Waals surface area contributed by atoms with Gasteiger partial charge in [-0.1, -0.05) is 0 Å². The van der Waals surface area contributed by atoms with Gasteiger partial charge in [-0.15, -0.1) is 0 Å². The van der Waals surface area contributed by atoms with Gasteiger partial charge in [-0.3, -0.25) is 9.59 Å². The molecule has 3 amide bonds. The lowest BCUT2D eigenvalue weighted by Gasteiger charge is -2.16. The Labute approximate surface area is 92.8 Å². The second-order valence-electron chi connectivity index (χ2n) is 3.75. The van der Waals surface area contributed by atoms with E-state index in [-0.39, 0.29) is 18.5 Å². The molecule has 1 saturated carbocycles. The average Bonchev–Trinajstić information content (AvgIpc) is 2.97. The number of carbonyl (C=O) groups excluding carboxylic acids is 2. The van der Waals surface area contributed by atoms with Crippen LogP contribution in [0, 0.1) is 0 Å². The fourth-order valence-corrected chi connectivity index (χ4v) is 1.07. The molecule has 0 saturated heterocycles. The summed E-state index contributed by atoms with van der Waals surface area (Å²) in [4.78, 5) is 33.9. The van der Waals surface area contributed by atoms with Crippen LogP contribution in [-0.4, -0.2) is 54.1 Å². The van der Waals surface area contributed by atoms with E-state index in [2.05, 4.69) is 10.6 Å². The number of carboxylic acids is 1. The smallest absolute Gasteiger partial charge is 0.323 e. The van der Waals surface area contributed by atoms with Gasteiger partial charge in [-0.2, -0.15) is 0 Å². The third-order valence-corrected chi connectivity index (χ3v) is 2.06. The molecule has 1 aliphatic carbocycles. The Morgan fingerprint density at radius 2 is 2.00 bits per heavy atom. The van der Waals surface area contributed by atoms with Gasteiger partial charge in [-0.25, -0.2) is 4.79 Å². The van der Waals surface area contributed by atoms with Crippen molar-refractivity contribution in [1.29, 1.82) is 0 Å². The van der Waals surface area contributed by atoms with Gasteiger partial charge in [0.1, 0.15) is 13.1 Å². The summed E-state index contributed by atoms with van der Waals surface area (Å²) in [6, 6.07) is -0.323. The number of hydrogen-bond donors (Lipinski definition) is 3. The summed E-state index contributed by atoms with van der Waals surface area (Å²) in [5.74, 6) is -1.35. The summed E-state index contributed by atoms with van der Waals surface area (Å²) in [7, 11) is 1.43. The molecule has 16 heavy (non-hydrogen) atoms. The average molecular weight is 229 g/mol. The highest BCUT2D eigenvalue weighted by Gasteiger charge is 2.24. The number of urea groups is 1. The first-order chi connectivity index (χ1) is 7.49. The monoisotopic (exact) mass is 229 g/mol. The van der Waals surface area contributed by atoms with Gasteiger partial charge in [0, 0.05) is 13.1 Å². The van der Waals surface area contributed by atoms with Crippen molar-refractivity contribution in [1.82, 2.24) is 15.5 Å². The minimum atomic E-state index is -1.12. The zero-order valence-electron chi connectivity index (χ0n) is 9.02. The third-order valence-electron chi connectivity index (χ3n) is 2.06. The first-order valence-corrected chi connectivity index (χ1v) is 4.99. The molecule has 0 aromatic heterocycles. The molecule has 7 heteroatoms. The molecule has 0 spiro atoms. The molecule has 0 heterocycles. The topological polar surface area (TPSA) is 98.7 Å². The van der Waals surface area contributed by atoms with Crippen molar-refractivity contribution in [3.05, 3.63) is 0 Å². The molecule has 0 aromatic carbocycles. The minimum absolute atomic E-state index is 0.0675. The highest BCUT2D eigenvalue weighted by atomic mass is 16.4. The molecule has 0 aromatic rings. The van der Waals surface area contributed by atoms with E-state index in [1.807, 2.05) is 0 Å². The number of likely N-dealkylation sites (N-methyl/N-ethyl adjacent to an activating group) is 1. The summed E-state index contributed by atoms with van der Waals surface area (Å²) in [6.45, 7) is -0.518. The Morgan fingerprint density at radius 1 is 1.38 bits per heavy atom. The van der Waals surface area contributed by atoms with Crippen LogP contribution in [0.4, 0.5) is 4.79 Å². The van der Waals surface area contributed by atoms with E-state index in [9.17, 15) is 14.4 Å². The highest BCUT2D eigenvalue weighted by molar-refractivity contribution is 5.85. The predicted octanol–water partition coefficient (Wildman–Crippen LogP) is -1.01. The fourth-order valence-electron chi connectivity index (χ4n) is 1.07. The Balaban J connectivity index is 2.21. The fraction of sp³-hybridized carbons (Fsp3) is 0.667. The summed E-state index contributed by atoms with van der Waals surface area (Å²) < 4.78 is 0. The van der Waals surface area contributed by atoms with Gasteiger partial charge >= 0.3 is 12.0 Å². The van der Waals surface area contributed by atoms with Crippen LogP contribution in [-0.2, 0) is 9.59 Å². The van der Waals surface area contributed by atoms with Gasteiger partial charge in [-0.05, 0) is 12.8 Å². The first-order valence-electron chi connectivity index (χ1n) is 4.99. The van der Waals surface area contributed by atoms with E-state index in [1.54, 1.807) is 0 Å². The van der Waals surface area contributed by atoms with Crippen molar-refractivity contribution >= 4 is 17.9 Å². The Morgan fingerprint density at radius 3 is 2.50 bits per heavy atom. The number of nitrogens with one attached hydrogen (secondary N) is 2. The molecule has 1 aliphatic rings. The molecule has 0 atom stereocenters. The second-order valence-corrected chi connectivity index (χ2v) is 3.75. The molecule has 90 valence electrons. The number of rotatable bonds is 5. The molecule has 0 aliphatic heterocycles. The van der Waals surface area contributed by atoms with E-state index < -0.39 is 18.5 Å². The molecule has 7 nitrogen and oxygen atoms in total. The molecule has 0 bridgehead atoms. The van der Waals surface area contributed by atoms with Gasteiger partial charge in [0.05, 0.1) is 0 Å². The number of nitrogens with zero attached hydrogens (tertiary/aromatic N) is 1. The van der Waals surface area contributed by atoms with Crippen LogP contribution < -0.4 is 10.6 Å². The first kappa shape index (κ1) is 12.3. The van der Waals surface area contributed by atoms with Crippen LogP contribution in [0.2, 0.25) is 0 Å². The van der Waals surface area contributed by atoms with Crippen LogP contribution in [0.1, 0.15) is 12.8 Å². The van der Waals surface area contributed by atoms with Crippen molar-refractivity contribution in [2.75, 3.05) is 20.1 Å². The molecule has 1 rings (SSSR count). The van der Waals surface area contributed by atoms with Crippen LogP contribution >= 0.6 is 0 Å². The maximum atomic E-state index is 11.3. The van der Waals surface area contributed by atoms with Crippen LogP contribution in [0.5, 0.6) is 0 Å².